The van der Waals surface area contributed by atoms with E-state index in [1.807, 2.05) is 6.07 Å². The fourth-order valence-corrected chi connectivity index (χ4v) is 2.72. The van der Waals surface area contributed by atoms with Gasteiger partial charge in [-0.05, 0) is 37.5 Å². The molecular weight excluding hydrogens is 219 g/mol. The van der Waals surface area contributed by atoms with Crippen LogP contribution in [0.25, 0.3) is 0 Å². The highest BCUT2D eigenvalue weighted by molar-refractivity contribution is 5.58. The van der Waals surface area contributed by atoms with E-state index in [4.69, 9.17) is 10.00 Å². The predicted molar refractivity (Wildman–Crippen MR) is 61.0 cm³/mol. The average Bonchev–Trinajstić information content (AvgIpc) is 2.93. The van der Waals surface area contributed by atoms with Crippen LogP contribution in [-0.4, -0.2) is 18.2 Å². The molecule has 1 N–H and O–H groups in total. The summed E-state index contributed by atoms with van der Waals surface area (Å²) in [6, 6.07) is 6.52. The standard InChI is InChI=1S/C13H13FN2O/c14-9-1-3-11(8(5-9)7-15)16-12-6-10-2-4-13(12)17-10/h1,3,5,10,12-13,16H,2,4,6H2. The second kappa shape index (κ2) is 4.01. The maximum absolute atomic E-state index is 13.0. The van der Waals surface area contributed by atoms with E-state index in [0.717, 1.165) is 19.3 Å². The number of nitriles is 1. The lowest BCUT2D eigenvalue weighted by Crippen LogP contribution is -2.30. The van der Waals surface area contributed by atoms with Crippen molar-refractivity contribution >= 4 is 5.69 Å². The summed E-state index contributed by atoms with van der Waals surface area (Å²) in [6.45, 7) is 0. The Labute approximate surface area is 99.2 Å². The van der Waals surface area contributed by atoms with Gasteiger partial charge in [0.05, 0.1) is 29.5 Å². The molecule has 88 valence electrons. The third kappa shape index (κ3) is 1.87. The summed E-state index contributed by atoms with van der Waals surface area (Å²) in [5.41, 5.74) is 1.06. The smallest absolute Gasteiger partial charge is 0.124 e. The fraction of sp³-hybridized carbons (Fsp3) is 0.462. The van der Waals surface area contributed by atoms with E-state index < -0.39 is 0 Å². The van der Waals surface area contributed by atoms with Crippen LogP contribution in [0.1, 0.15) is 24.8 Å². The van der Waals surface area contributed by atoms with E-state index in [-0.39, 0.29) is 18.0 Å². The van der Waals surface area contributed by atoms with Crippen molar-refractivity contribution in [3.05, 3.63) is 29.6 Å². The van der Waals surface area contributed by atoms with Crippen molar-refractivity contribution in [3.8, 4) is 6.07 Å². The number of fused-ring (bicyclic) bond motifs is 2. The molecule has 0 aliphatic carbocycles. The summed E-state index contributed by atoms with van der Waals surface area (Å²) in [5.74, 6) is -0.378. The van der Waals surface area contributed by atoms with E-state index in [9.17, 15) is 4.39 Å². The summed E-state index contributed by atoms with van der Waals surface area (Å²) in [4.78, 5) is 0. The number of hydrogen-bond donors (Lipinski definition) is 1. The molecule has 0 amide bonds. The molecule has 0 saturated carbocycles. The first-order valence-corrected chi connectivity index (χ1v) is 5.88. The average molecular weight is 232 g/mol. The van der Waals surface area contributed by atoms with Crippen LogP contribution in [0.15, 0.2) is 18.2 Å². The topological polar surface area (TPSA) is 45.0 Å². The van der Waals surface area contributed by atoms with Gasteiger partial charge in [0.1, 0.15) is 11.9 Å². The number of nitrogens with zero attached hydrogens (tertiary/aromatic N) is 1. The number of hydrogen-bond acceptors (Lipinski definition) is 3. The zero-order valence-corrected chi connectivity index (χ0v) is 9.32. The van der Waals surface area contributed by atoms with E-state index in [2.05, 4.69) is 5.32 Å². The van der Waals surface area contributed by atoms with Gasteiger partial charge in [-0.1, -0.05) is 0 Å². The lowest BCUT2D eigenvalue weighted by Gasteiger charge is -2.21. The Kier molecular flexibility index (Phi) is 2.49. The zero-order chi connectivity index (χ0) is 11.8. The van der Waals surface area contributed by atoms with Crippen molar-refractivity contribution in [3.63, 3.8) is 0 Å². The Morgan fingerprint density at radius 3 is 2.94 bits per heavy atom. The van der Waals surface area contributed by atoms with Crippen LogP contribution in [0.2, 0.25) is 0 Å². The monoisotopic (exact) mass is 232 g/mol. The Morgan fingerprint density at radius 1 is 1.41 bits per heavy atom. The van der Waals surface area contributed by atoms with Gasteiger partial charge in [0.15, 0.2) is 0 Å². The van der Waals surface area contributed by atoms with Gasteiger partial charge in [-0.3, -0.25) is 0 Å². The Bertz CT molecular complexity index is 483. The number of anilines is 1. The third-order valence-corrected chi connectivity index (χ3v) is 3.55. The van der Waals surface area contributed by atoms with Crippen LogP contribution >= 0.6 is 0 Å². The minimum Gasteiger partial charge on any atom is -0.379 e. The second-order valence-electron chi connectivity index (χ2n) is 4.66. The lowest BCUT2D eigenvalue weighted by atomic mass is 9.95. The molecule has 0 spiro atoms. The number of benzene rings is 1. The van der Waals surface area contributed by atoms with Crippen LogP contribution in [0.3, 0.4) is 0 Å². The minimum atomic E-state index is -0.378. The molecule has 1 aromatic carbocycles. The number of ether oxygens (including phenoxy) is 1. The van der Waals surface area contributed by atoms with Crippen molar-refractivity contribution in [2.24, 2.45) is 0 Å². The Balaban J connectivity index is 1.79. The first-order valence-electron chi connectivity index (χ1n) is 5.88. The van der Waals surface area contributed by atoms with Gasteiger partial charge < -0.3 is 10.1 Å². The van der Waals surface area contributed by atoms with Gasteiger partial charge in [0, 0.05) is 0 Å². The molecule has 0 aromatic heterocycles. The van der Waals surface area contributed by atoms with Gasteiger partial charge >= 0.3 is 0 Å². The number of nitrogens with one attached hydrogen (secondary N) is 1. The quantitative estimate of drug-likeness (QED) is 0.851. The molecule has 3 unspecified atom stereocenters. The molecule has 3 nitrogen and oxygen atoms in total. The van der Waals surface area contributed by atoms with Gasteiger partial charge in [-0.2, -0.15) is 5.26 Å². The maximum atomic E-state index is 13.0. The largest absolute Gasteiger partial charge is 0.379 e. The van der Waals surface area contributed by atoms with Crippen LogP contribution in [0.4, 0.5) is 10.1 Å². The molecular formula is C13H13FN2O. The normalized spacial score (nSPS) is 30.2. The molecule has 3 atom stereocenters. The molecule has 17 heavy (non-hydrogen) atoms. The highest BCUT2D eigenvalue weighted by Gasteiger charge is 2.40. The highest BCUT2D eigenvalue weighted by atomic mass is 19.1. The van der Waals surface area contributed by atoms with Gasteiger partial charge in [0.2, 0.25) is 0 Å². The van der Waals surface area contributed by atoms with E-state index in [1.54, 1.807) is 6.07 Å². The van der Waals surface area contributed by atoms with Crippen molar-refractivity contribution in [2.45, 2.75) is 37.5 Å². The Hall–Kier alpha value is -1.60. The molecule has 2 heterocycles. The summed E-state index contributed by atoms with van der Waals surface area (Å²) in [6.07, 6.45) is 3.80. The molecule has 1 aromatic rings. The lowest BCUT2D eigenvalue weighted by molar-refractivity contribution is 0.102. The summed E-state index contributed by atoms with van der Waals surface area (Å²) in [5, 5.41) is 12.3. The van der Waals surface area contributed by atoms with E-state index in [0.29, 0.717) is 17.4 Å². The molecule has 2 aliphatic heterocycles. The van der Waals surface area contributed by atoms with Gasteiger partial charge in [-0.15, -0.1) is 0 Å². The van der Waals surface area contributed by atoms with E-state index >= 15 is 0 Å². The number of halogens is 1. The predicted octanol–water partition coefficient (Wildman–Crippen LogP) is 2.43. The van der Waals surface area contributed by atoms with Crippen LogP contribution in [0, 0.1) is 17.1 Å². The highest BCUT2D eigenvalue weighted by Crippen LogP contribution is 2.36. The molecule has 2 bridgehead atoms. The molecule has 2 fully saturated rings. The fourth-order valence-electron chi connectivity index (χ4n) is 2.72. The van der Waals surface area contributed by atoms with Crippen molar-refractivity contribution in [1.29, 1.82) is 5.26 Å². The molecule has 4 heteroatoms. The van der Waals surface area contributed by atoms with Crippen LogP contribution in [-0.2, 0) is 4.74 Å². The van der Waals surface area contributed by atoms with Crippen molar-refractivity contribution in [1.82, 2.24) is 0 Å². The second-order valence-corrected chi connectivity index (χ2v) is 4.66. The summed E-state index contributed by atoms with van der Waals surface area (Å²) < 4.78 is 18.7. The minimum absolute atomic E-state index is 0.247. The van der Waals surface area contributed by atoms with Crippen LogP contribution in [0.5, 0.6) is 0 Å². The molecule has 0 radical (unpaired) electrons. The maximum Gasteiger partial charge on any atom is 0.124 e. The first-order chi connectivity index (χ1) is 8.26. The summed E-state index contributed by atoms with van der Waals surface area (Å²) >= 11 is 0. The van der Waals surface area contributed by atoms with E-state index in [1.165, 1.54) is 12.1 Å². The zero-order valence-electron chi connectivity index (χ0n) is 9.32. The van der Waals surface area contributed by atoms with Crippen molar-refractivity contribution < 1.29 is 9.13 Å². The van der Waals surface area contributed by atoms with Crippen molar-refractivity contribution in [2.75, 3.05) is 5.32 Å². The van der Waals surface area contributed by atoms with Gasteiger partial charge in [-0.25, -0.2) is 4.39 Å². The summed E-state index contributed by atoms with van der Waals surface area (Å²) in [7, 11) is 0. The first kappa shape index (κ1) is 10.5. The molecule has 2 saturated heterocycles. The SMILES string of the molecule is N#Cc1cc(F)ccc1NC1CC2CCC1O2. The molecule has 3 rings (SSSR count). The van der Waals surface area contributed by atoms with Gasteiger partial charge in [0.25, 0.3) is 0 Å². The van der Waals surface area contributed by atoms with Crippen LogP contribution < -0.4 is 5.32 Å². The Morgan fingerprint density at radius 2 is 2.29 bits per heavy atom. The third-order valence-electron chi connectivity index (χ3n) is 3.55. The number of rotatable bonds is 2. The molecule has 2 aliphatic rings.